The molecule has 2 aromatic rings. The van der Waals surface area contributed by atoms with Crippen LogP contribution < -0.4 is 15.7 Å². The van der Waals surface area contributed by atoms with Gasteiger partial charge in [0.15, 0.2) is 6.10 Å². The molecule has 3 N–H and O–H groups in total. The number of rotatable bonds is 4. The largest absolute Gasteiger partial charge is 0.493 e. The van der Waals surface area contributed by atoms with Gasteiger partial charge in [0.05, 0.1) is 13.2 Å². The minimum absolute atomic E-state index is 0.131. The quantitative estimate of drug-likeness (QED) is 0.665. The number of fused-ring (bicyclic) bond motifs is 1. The monoisotopic (exact) mass is 409 g/mol. The first-order valence-electron chi connectivity index (χ1n) is 8.79. The predicted octanol–water partition coefficient (Wildman–Crippen LogP) is 0.316. The minimum atomic E-state index is -3.81. The molecule has 9 nitrogen and oxygen atoms in total. The van der Waals surface area contributed by atoms with Crippen molar-refractivity contribution >= 4 is 11.7 Å². The number of hydrogen-bond acceptors (Lipinski definition) is 7. The van der Waals surface area contributed by atoms with Gasteiger partial charge in [-0.15, -0.1) is 0 Å². The van der Waals surface area contributed by atoms with Crippen LogP contribution in [0.25, 0.3) is 0 Å². The van der Waals surface area contributed by atoms with Crippen molar-refractivity contribution in [2.24, 2.45) is 0 Å². The lowest BCUT2D eigenvalue weighted by atomic mass is 10.1. The SMILES string of the molecule is O=C(Nc1ccn(C2O[C@H](CO)[C@@H](O)C2(F)F)c(=O)n1)c1ccc2c(c1)CCO2. The number of aliphatic hydroxyl groups excluding tert-OH is 2. The molecule has 2 aliphatic rings. The van der Waals surface area contributed by atoms with E-state index in [9.17, 15) is 23.5 Å². The molecule has 2 aliphatic heterocycles. The summed E-state index contributed by atoms with van der Waals surface area (Å²) in [5.74, 6) is -3.75. The maximum Gasteiger partial charge on any atom is 0.351 e. The normalized spacial score (nSPS) is 24.8. The number of benzene rings is 1. The number of carbonyl (C=O) groups is 1. The van der Waals surface area contributed by atoms with Crippen molar-refractivity contribution in [1.82, 2.24) is 9.55 Å². The standard InChI is InChI=1S/C18H17F2N3O6/c19-18(20)14(25)12(8-24)29-16(18)23-5-3-13(22-17(23)27)21-15(26)10-1-2-11-9(7-10)4-6-28-11/h1-3,5,7,12,14,16,24-25H,4,6,8H2,(H,21,22,26,27)/t12-,14-,16?/m1/s1. The third-order valence-electron chi connectivity index (χ3n) is 4.84. The lowest BCUT2D eigenvalue weighted by Gasteiger charge is -2.21. The third kappa shape index (κ3) is 3.37. The summed E-state index contributed by atoms with van der Waals surface area (Å²) >= 11 is 0. The van der Waals surface area contributed by atoms with E-state index in [0.717, 1.165) is 17.8 Å². The van der Waals surface area contributed by atoms with E-state index < -0.39 is 42.6 Å². The molecule has 1 amide bonds. The van der Waals surface area contributed by atoms with E-state index in [1.165, 1.54) is 0 Å². The van der Waals surface area contributed by atoms with Gasteiger partial charge in [0.1, 0.15) is 17.7 Å². The van der Waals surface area contributed by atoms with Crippen LogP contribution in [0, 0.1) is 0 Å². The molecule has 0 aliphatic carbocycles. The zero-order valence-corrected chi connectivity index (χ0v) is 14.9. The molecule has 11 heteroatoms. The summed E-state index contributed by atoms with van der Waals surface area (Å²) in [6.07, 6.45) is -4.28. The van der Waals surface area contributed by atoms with Crippen LogP contribution in [0.2, 0.25) is 0 Å². The molecule has 4 rings (SSSR count). The van der Waals surface area contributed by atoms with Crippen LogP contribution in [0.3, 0.4) is 0 Å². The number of ether oxygens (including phenoxy) is 2. The number of hydrogen-bond donors (Lipinski definition) is 3. The summed E-state index contributed by atoms with van der Waals surface area (Å²) in [5, 5.41) is 21.0. The molecule has 0 saturated carbocycles. The van der Waals surface area contributed by atoms with Crippen molar-refractivity contribution in [2.45, 2.75) is 30.8 Å². The molecule has 0 radical (unpaired) electrons. The van der Waals surface area contributed by atoms with Crippen molar-refractivity contribution in [2.75, 3.05) is 18.5 Å². The summed E-state index contributed by atoms with van der Waals surface area (Å²) in [5.41, 5.74) is 0.110. The Morgan fingerprint density at radius 2 is 2.17 bits per heavy atom. The van der Waals surface area contributed by atoms with Crippen molar-refractivity contribution in [1.29, 1.82) is 0 Å². The Labute approximate surface area is 162 Å². The highest BCUT2D eigenvalue weighted by Gasteiger charge is 2.59. The lowest BCUT2D eigenvalue weighted by Crippen LogP contribution is -2.41. The minimum Gasteiger partial charge on any atom is -0.493 e. The van der Waals surface area contributed by atoms with Gasteiger partial charge in [-0.3, -0.25) is 9.36 Å². The number of alkyl halides is 2. The lowest BCUT2D eigenvalue weighted by molar-refractivity contribution is -0.140. The second-order valence-electron chi connectivity index (χ2n) is 6.71. The van der Waals surface area contributed by atoms with Crippen LogP contribution in [-0.4, -0.2) is 57.0 Å². The number of anilines is 1. The number of halogens is 2. The number of nitrogens with one attached hydrogen (secondary N) is 1. The van der Waals surface area contributed by atoms with Gasteiger partial charge in [0.25, 0.3) is 5.91 Å². The average molecular weight is 409 g/mol. The highest BCUT2D eigenvalue weighted by atomic mass is 19.3. The highest BCUT2D eigenvalue weighted by molar-refractivity contribution is 6.04. The summed E-state index contributed by atoms with van der Waals surface area (Å²) in [4.78, 5) is 28.2. The fraction of sp³-hybridized carbons (Fsp3) is 0.389. The van der Waals surface area contributed by atoms with Crippen LogP contribution >= 0.6 is 0 Å². The molecule has 1 aromatic heterocycles. The molecule has 1 aromatic carbocycles. The van der Waals surface area contributed by atoms with E-state index in [1.807, 2.05) is 0 Å². The van der Waals surface area contributed by atoms with Gasteiger partial charge in [-0.25, -0.2) is 4.79 Å². The first kappa shape index (κ1) is 19.4. The van der Waals surface area contributed by atoms with E-state index in [4.69, 9.17) is 14.6 Å². The Balaban J connectivity index is 1.53. The zero-order valence-electron chi connectivity index (χ0n) is 14.9. The Bertz CT molecular complexity index is 1010. The number of nitrogens with zero attached hydrogens (tertiary/aromatic N) is 2. The maximum atomic E-state index is 14.2. The van der Waals surface area contributed by atoms with Crippen molar-refractivity contribution in [3.05, 3.63) is 52.1 Å². The first-order valence-corrected chi connectivity index (χ1v) is 8.79. The number of carbonyl (C=O) groups excluding carboxylic acids is 1. The number of amides is 1. The molecular weight excluding hydrogens is 392 g/mol. The van der Waals surface area contributed by atoms with Crippen LogP contribution in [0.4, 0.5) is 14.6 Å². The molecular formula is C18H17F2N3O6. The third-order valence-corrected chi connectivity index (χ3v) is 4.84. The first-order chi connectivity index (χ1) is 13.8. The molecule has 1 saturated heterocycles. The molecule has 1 fully saturated rings. The summed E-state index contributed by atoms with van der Waals surface area (Å²) in [7, 11) is 0. The van der Waals surface area contributed by atoms with E-state index in [1.54, 1.807) is 18.2 Å². The Kier molecular flexibility index (Phi) is 4.81. The van der Waals surface area contributed by atoms with Crippen LogP contribution in [0.1, 0.15) is 22.1 Å². The van der Waals surface area contributed by atoms with Gasteiger partial charge in [-0.05, 0) is 29.8 Å². The Morgan fingerprint density at radius 1 is 1.38 bits per heavy atom. The molecule has 1 unspecified atom stereocenters. The van der Waals surface area contributed by atoms with Gasteiger partial charge in [-0.1, -0.05) is 0 Å². The number of aliphatic hydroxyl groups is 2. The van der Waals surface area contributed by atoms with Gasteiger partial charge >= 0.3 is 11.6 Å². The van der Waals surface area contributed by atoms with Gasteiger partial charge in [0.2, 0.25) is 6.23 Å². The second kappa shape index (κ2) is 7.17. The molecule has 29 heavy (non-hydrogen) atoms. The topological polar surface area (TPSA) is 123 Å². The van der Waals surface area contributed by atoms with Crippen LogP contribution in [0.5, 0.6) is 5.75 Å². The fourth-order valence-corrected chi connectivity index (χ4v) is 3.30. The van der Waals surface area contributed by atoms with Crippen LogP contribution in [0.15, 0.2) is 35.3 Å². The Morgan fingerprint density at radius 3 is 2.86 bits per heavy atom. The predicted molar refractivity (Wildman–Crippen MR) is 94.0 cm³/mol. The maximum absolute atomic E-state index is 14.2. The molecule has 0 bridgehead atoms. The van der Waals surface area contributed by atoms with Gasteiger partial charge in [0, 0.05) is 18.2 Å². The summed E-state index contributed by atoms with van der Waals surface area (Å²) < 4.78 is 39.2. The van der Waals surface area contributed by atoms with Crippen molar-refractivity contribution in [3.8, 4) is 5.75 Å². The van der Waals surface area contributed by atoms with E-state index in [-0.39, 0.29) is 5.82 Å². The van der Waals surface area contributed by atoms with E-state index >= 15 is 0 Å². The summed E-state index contributed by atoms with van der Waals surface area (Å²) in [6.45, 7) is -0.296. The average Bonchev–Trinajstić information content (AvgIpc) is 3.24. The fourth-order valence-electron chi connectivity index (χ4n) is 3.30. The highest BCUT2D eigenvalue weighted by Crippen LogP contribution is 2.42. The van der Waals surface area contributed by atoms with E-state index in [0.29, 0.717) is 28.9 Å². The van der Waals surface area contributed by atoms with Crippen molar-refractivity contribution in [3.63, 3.8) is 0 Å². The smallest absolute Gasteiger partial charge is 0.351 e. The van der Waals surface area contributed by atoms with E-state index in [2.05, 4.69) is 10.3 Å². The van der Waals surface area contributed by atoms with Gasteiger partial charge in [-0.2, -0.15) is 13.8 Å². The van der Waals surface area contributed by atoms with Crippen molar-refractivity contribution < 1.29 is 33.3 Å². The molecule has 3 heterocycles. The number of aromatic nitrogens is 2. The Hall–Kier alpha value is -2.89. The summed E-state index contributed by atoms with van der Waals surface area (Å²) in [6, 6.07) is 6.06. The molecule has 154 valence electrons. The van der Waals surface area contributed by atoms with Crippen LogP contribution in [-0.2, 0) is 11.2 Å². The zero-order chi connectivity index (χ0) is 20.8. The molecule has 0 spiro atoms. The second-order valence-corrected chi connectivity index (χ2v) is 6.71. The molecule has 3 atom stereocenters. The van der Waals surface area contributed by atoms with Gasteiger partial charge < -0.3 is 25.0 Å².